The Bertz CT molecular complexity index is 499. The number of benzene rings is 1. The van der Waals surface area contributed by atoms with Crippen molar-refractivity contribution < 1.29 is 0 Å². The van der Waals surface area contributed by atoms with Crippen LogP contribution in [0.2, 0.25) is 5.02 Å². The molecule has 0 saturated heterocycles. The number of hydrogen-bond donors (Lipinski definition) is 0. The molecule has 3 rings (SSSR count). The van der Waals surface area contributed by atoms with Crippen LogP contribution in [0, 0.1) is 0 Å². The molecule has 0 bridgehead atoms. The van der Waals surface area contributed by atoms with E-state index in [1.54, 1.807) is 11.8 Å². The first kappa shape index (κ1) is 10.6. The van der Waals surface area contributed by atoms with Crippen LogP contribution in [-0.4, -0.2) is 28.1 Å². The van der Waals surface area contributed by atoms with Crippen molar-refractivity contribution in [2.75, 3.05) is 13.1 Å². The Hall–Kier alpha value is -0.580. The van der Waals surface area contributed by atoms with Gasteiger partial charge in [0.2, 0.25) is 0 Å². The highest BCUT2D eigenvalue weighted by molar-refractivity contribution is 8.23. The van der Waals surface area contributed by atoms with E-state index in [-0.39, 0.29) is 0 Å². The predicted octanol–water partition coefficient (Wildman–Crippen LogP) is 3.18. The van der Waals surface area contributed by atoms with Gasteiger partial charge >= 0.3 is 0 Å². The Morgan fingerprint density at radius 1 is 1.44 bits per heavy atom. The summed E-state index contributed by atoms with van der Waals surface area (Å²) >= 11 is 13.1. The van der Waals surface area contributed by atoms with Crippen LogP contribution in [0.5, 0.6) is 0 Å². The monoisotopic (exact) mass is 268 g/mol. The highest BCUT2D eigenvalue weighted by atomic mass is 35.5. The third kappa shape index (κ3) is 1.56. The van der Waals surface area contributed by atoms with E-state index in [9.17, 15) is 0 Å². The van der Waals surface area contributed by atoms with Crippen molar-refractivity contribution in [3.63, 3.8) is 0 Å². The Morgan fingerprint density at radius 2 is 2.31 bits per heavy atom. The highest BCUT2D eigenvalue weighted by Gasteiger charge is 2.29. The molecule has 2 nitrogen and oxygen atoms in total. The number of nitrogens with zero attached hydrogens (tertiary/aromatic N) is 2. The topological polar surface area (TPSA) is 15.6 Å². The molecule has 5 heteroatoms. The van der Waals surface area contributed by atoms with Crippen LogP contribution in [0.4, 0.5) is 0 Å². The smallest absolute Gasteiger partial charge is 0.146 e. The number of thioether (sulfide) groups is 1. The summed E-state index contributed by atoms with van der Waals surface area (Å²) in [7, 11) is 0. The molecule has 2 aliphatic heterocycles. The Morgan fingerprint density at radius 3 is 3.19 bits per heavy atom. The molecule has 1 aromatic carbocycles. The molecule has 0 fully saturated rings. The Kier molecular flexibility index (Phi) is 2.65. The van der Waals surface area contributed by atoms with Gasteiger partial charge in [-0.25, -0.2) is 0 Å². The first-order valence-electron chi connectivity index (χ1n) is 5.10. The minimum atomic E-state index is 0.762. The molecule has 0 spiro atoms. The normalized spacial score (nSPS) is 18.9. The van der Waals surface area contributed by atoms with Crippen molar-refractivity contribution >= 4 is 45.7 Å². The summed E-state index contributed by atoms with van der Waals surface area (Å²) in [6.45, 7) is 1.85. The number of hydrogen-bond acceptors (Lipinski definition) is 3. The first-order chi connectivity index (χ1) is 7.77. The lowest BCUT2D eigenvalue weighted by atomic mass is 10.1. The van der Waals surface area contributed by atoms with Gasteiger partial charge in [-0.15, -0.1) is 0 Å². The van der Waals surface area contributed by atoms with Gasteiger partial charge in [-0.2, -0.15) is 0 Å². The zero-order valence-corrected chi connectivity index (χ0v) is 10.8. The fourth-order valence-corrected chi connectivity index (χ4v) is 3.56. The maximum Gasteiger partial charge on any atom is 0.146 e. The zero-order chi connectivity index (χ0) is 11.1. The summed E-state index contributed by atoms with van der Waals surface area (Å²) in [5, 5.41) is 0.762. The van der Waals surface area contributed by atoms with Crippen LogP contribution in [-0.2, 0) is 0 Å². The average Bonchev–Trinajstić information content (AvgIpc) is 2.31. The maximum atomic E-state index is 6.18. The lowest BCUT2D eigenvalue weighted by Gasteiger charge is -2.34. The van der Waals surface area contributed by atoms with Gasteiger partial charge in [0.15, 0.2) is 0 Å². The quantitative estimate of drug-likeness (QED) is 0.672. The van der Waals surface area contributed by atoms with Gasteiger partial charge < -0.3 is 4.90 Å². The van der Waals surface area contributed by atoms with Crippen LogP contribution in [0.25, 0.3) is 0 Å². The van der Waals surface area contributed by atoms with E-state index in [1.807, 2.05) is 12.1 Å². The lowest BCUT2D eigenvalue weighted by molar-refractivity contribution is 0.561. The van der Waals surface area contributed by atoms with E-state index in [0.29, 0.717) is 0 Å². The van der Waals surface area contributed by atoms with E-state index in [0.717, 1.165) is 45.1 Å². The van der Waals surface area contributed by atoms with Crippen molar-refractivity contribution in [1.29, 1.82) is 0 Å². The van der Waals surface area contributed by atoms with Crippen molar-refractivity contribution in [1.82, 2.24) is 4.90 Å². The molecule has 0 amide bonds. The van der Waals surface area contributed by atoms with Crippen molar-refractivity contribution in [3.8, 4) is 0 Å². The van der Waals surface area contributed by atoms with Gasteiger partial charge in [0, 0.05) is 23.5 Å². The van der Waals surface area contributed by atoms with Gasteiger partial charge in [-0.1, -0.05) is 47.7 Å². The van der Waals surface area contributed by atoms with Gasteiger partial charge in [0.1, 0.15) is 10.2 Å². The van der Waals surface area contributed by atoms with Crippen molar-refractivity contribution in [2.45, 2.75) is 11.3 Å². The summed E-state index contributed by atoms with van der Waals surface area (Å²) in [5.74, 6) is 0.993. The SMILES string of the molecule is S=C1Sc2c(Cl)cccc2C2=NCCCN12. The van der Waals surface area contributed by atoms with E-state index in [4.69, 9.17) is 23.8 Å². The van der Waals surface area contributed by atoms with Crippen LogP contribution in [0.1, 0.15) is 12.0 Å². The second-order valence-electron chi connectivity index (χ2n) is 3.70. The van der Waals surface area contributed by atoms with Crippen LogP contribution < -0.4 is 0 Å². The van der Waals surface area contributed by atoms with Gasteiger partial charge in [0.05, 0.1) is 5.02 Å². The minimum Gasteiger partial charge on any atom is -0.311 e. The van der Waals surface area contributed by atoms with Crippen molar-refractivity contribution in [2.24, 2.45) is 4.99 Å². The Balaban J connectivity index is 2.20. The number of halogens is 1. The predicted molar refractivity (Wildman–Crippen MR) is 72.6 cm³/mol. The van der Waals surface area contributed by atoms with E-state index in [1.165, 1.54) is 0 Å². The van der Waals surface area contributed by atoms with E-state index in [2.05, 4.69) is 16.0 Å². The molecule has 1 aromatic rings. The molecule has 2 aliphatic rings. The van der Waals surface area contributed by atoms with E-state index >= 15 is 0 Å². The molecule has 0 saturated carbocycles. The third-order valence-electron chi connectivity index (χ3n) is 2.67. The molecule has 16 heavy (non-hydrogen) atoms. The number of aliphatic imine (C=N–C) groups is 1. The molecular formula is C11H9ClN2S2. The molecule has 0 aromatic heterocycles. The van der Waals surface area contributed by atoms with Gasteiger partial charge in [-0.3, -0.25) is 4.99 Å². The summed E-state index contributed by atoms with van der Waals surface area (Å²) in [6.07, 6.45) is 1.07. The lowest BCUT2D eigenvalue weighted by Crippen LogP contribution is -2.41. The molecular weight excluding hydrogens is 260 g/mol. The highest BCUT2D eigenvalue weighted by Crippen LogP contribution is 2.38. The second-order valence-corrected chi connectivity index (χ2v) is 5.75. The van der Waals surface area contributed by atoms with Crippen molar-refractivity contribution in [3.05, 3.63) is 28.8 Å². The minimum absolute atomic E-state index is 0.762. The van der Waals surface area contributed by atoms with Crippen LogP contribution >= 0.6 is 35.6 Å². The largest absolute Gasteiger partial charge is 0.311 e. The number of amidine groups is 1. The van der Waals surface area contributed by atoms with E-state index < -0.39 is 0 Å². The number of thiocarbonyl (C=S) groups is 1. The zero-order valence-electron chi connectivity index (χ0n) is 8.44. The standard InChI is InChI=1S/C11H9ClN2S2/c12-8-4-1-3-7-9(8)16-11(15)14-6-2-5-13-10(7)14/h1,3-4H,2,5-6H2. The molecule has 0 unspecified atom stereocenters. The fourth-order valence-electron chi connectivity index (χ4n) is 1.94. The average molecular weight is 269 g/mol. The van der Waals surface area contributed by atoms with Crippen LogP contribution in [0.3, 0.4) is 0 Å². The first-order valence-corrected chi connectivity index (χ1v) is 6.70. The number of rotatable bonds is 0. The fraction of sp³-hybridized carbons (Fsp3) is 0.273. The van der Waals surface area contributed by atoms with Gasteiger partial charge in [-0.05, 0) is 12.5 Å². The molecule has 82 valence electrons. The summed E-state index contributed by atoms with van der Waals surface area (Å²) < 4.78 is 0.860. The summed E-state index contributed by atoms with van der Waals surface area (Å²) in [4.78, 5) is 7.73. The number of fused-ring (bicyclic) bond motifs is 3. The third-order valence-corrected chi connectivity index (χ3v) is 4.61. The second kappa shape index (κ2) is 4.02. The summed E-state index contributed by atoms with van der Waals surface area (Å²) in [6, 6.07) is 5.92. The van der Waals surface area contributed by atoms with Gasteiger partial charge in [0.25, 0.3) is 0 Å². The molecule has 0 radical (unpaired) electrons. The molecule has 0 N–H and O–H groups in total. The maximum absolute atomic E-state index is 6.18. The molecule has 0 aliphatic carbocycles. The molecule has 0 atom stereocenters. The molecule has 2 heterocycles. The Labute approximate surface area is 109 Å². The summed E-state index contributed by atoms with van der Waals surface area (Å²) in [5.41, 5.74) is 1.12. The van der Waals surface area contributed by atoms with Crippen LogP contribution in [0.15, 0.2) is 28.1 Å².